The third-order valence-electron chi connectivity index (χ3n) is 8.11. The fraction of sp³-hybridized carbons (Fsp3) is 0.562. The molecular formula is C32H45NO13. The maximum atomic E-state index is 10.4. The average Bonchev–Trinajstić information content (AvgIpc) is 3.49. The van der Waals surface area contributed by atoms with Gasteiger partial charge in [-0.15, -0.1) is 0 Å². The van der Waals surface area contributed by atoms with Crippen molar-refractivity contribution in [1.29, 1.82) is 0 Å². The van der Waals surface area contributed by atoms with Gasteiger partial charge in [0.15, 0.2) is 0 Å². The smallest absolute Gasteiger partial charge is 0.229 e. The summed E-state index contributed by atoms with van der Waals surface area (Å²) in [6.45, 7) is -0.281. The Balaban J connectivity index is 1.25. The van der Waals surface area contributed by atoms with E-state index in [0.29, 0.717) is 54.9 Å². The van der Waals surface area contributed by atoms with Crippen LogP contribution >= 0.6 is 0 Å². The van der Waals surface area contributed by atoms with Crippen molar-refractivity contribution in [2.45, 2.75) is 74.4 Å². The summed E-state index contributed by atoms with van der Waals surface area (Å²) in [6.07, 6.45) is -9.54. The van der Waals surface area contributed by atoms with Crippen LogP contribution in [0.15, 0.2) is 53.1 Å². The normalized spacial score (nSPS) is 24.5. The van der Waals surface area contributed by atoms with E-state index in [-0.39, 0.29) is 6.54 Å². The summed E-state index contributed by atoms with van der Waals surface area (Å²) in [5.74, 6) is 1.05. The second-order valence-electron chi connectivity index (χ2n) is 11.6. The second kappa shape index (κ2) is 16.8. The molecule has 0 unspecified atom stereocenters. The number of rotatable bonds is 17. The molecule has 0 amide bonds. The predicted octanol–water partition coefficient (Wildman–Crippen LogP) is -1.47. The monoisotopic (exact) mass is 651 g/mol. The van der Waals surface area contributed by atoms with Gasteiger partial charge in [-0.1, -0.05) is 18.2 Å². The van der Waals surface area contributed by atoms with Crippen LogP contribution in [-0.2, 0) is 17.6 Å². The summed E-state index contributed by atoms with van der Waals surface area (Å²) in [5.41, 5.74) is 2.47. The highest BCUT2D eigenvalue weighted by Crippen LogP contribution is 2.34. The van der Waals surface area contributed by atoms with Crippen molar-refractivity contribution < 1.29 is 64.6 Å². The Morgan fingerprint density at radius 3 is 2.28 bits per heavy atom. The van der Waals surface area contributed by atoms with Crippen molar-refractivity contribution in [2.75, 3.05) is 40.0 Å². The summed E-state index contributed by atoms with van der Waals surface area (Å²) < 4.78 is 23.0. The molecule has 2 aromatic carbocycles. The number of ether oxygens (including phenoxy) is 3. The minimum absolute atomic E-state index is 0.0540. The first-order valence-electron chi connectivity index (χ1n) is 15.2. The molecule has 1 aromatic heterocycles. The highest BCUT2D eigenvalue weighted by molar-refractivity contribution is 5.87. The van der Waals surface area contributed by atoms with Crippen LogP contribution in [-0.4, -0.2) is 146 Å². The van der Waals surface area contributed by atoms with E-state index in [0.717, 1.165) is 11.1 Å². The summed E-state index contributed by atoms with van der Waals surface area (Å²) in [7, 11) is 1.74. The highest BCUT2D eigenvalue weighted by atomic mass is 16.7. The lowest BCUT2D eigenvalue weighted by Gasteiger charge is -2.39. The fourth-order valence-electron chi connectivity index (χ4n) is 5.33. The number of benzene rings is 2. The van der Waals surface area contributed by atoms with Crippen molar-refractivity contribution in [3.63, 3.8) is 0 Å². The molecule has 9 atom stereocenters. The van der Waals surface area contributed by atoms with E-state index < -0.39 is 68.3 Å². The van der Waals surface area contributed by atoms with Gasteiger partial charge < -0.3 is 69.5 Å². The van der Waals surface area contributed by atoms with E-state index in [4.69, 9.17) is 23.7 Å². The van der Waals surface area contributed by atoms with Crippen molar-refractivity contribution in [2.24, 2.45) is 0 Å². The topological polar surface area (TPSA) is 226 Å². The summed E-state index contributed by atoms with van der Waals surface area (Å²) in [5, 5.41) is 89.0. The zero-order chi connectivity index (χ0) is 33.4. The number of furan rings is 1. The quantitative estimate of drug-likeness (QED) is 0.0761. The standard InChI is InChI=1S/C32H45NO13/c1-33(14-21(36)27(38)28(39)22(37)15-34)12-3-13-43-20-10-7-18(8-11-20)6-9-19-17-44-23-4-2-5-24(26(19)23)45-32-31(42)30(41)29(40)25(16-35)46-32/h2,4-5,7-8,10-11,17,21-22,25,27-32,34-42H,3,6,9,12-16H2,1H3/t21-,22+,25+,27+,28+,29+,30-,31+,32+/m0/s1. The molecule has 14 nitrogen and oxygen atoms in total. The molecule has 2 heterocycles. The van der Waals surface area contributed by atoms with Gasteiger partial charge in [-0.2, -0.15) is 0 Å². The van der Waals surface area contributed by atoms with Crippen LogP contribution in [0.4, 0.5) is 0 Å². The molecule has 256 valence electrons. The van der Waals surface area contributed by atoms with E-state index >= 15 is 0 Å². The molecule has 1 fully saturated rings. The first-order valence-corrected chi connectivity index (χ1v) is 15.2. The lowest BCUT2D eigenvalue weighted by molar-refractivity contribution is -0.277. The Labute approximate surface area is 266 Å². The van der Waals surface area contributed by atoms with Crippen LogP contribution < -0.4 is 9.47 Å². The molecule has 14 heteroatoms. The number of hydrogen-bond acceptors (Lipinski definition) is 14. The Kier molecular flexibility index (Phi) is 13.1. The first-order chi connectivity index (χ1) is 22.0. The molecule has 0 spiro atoms. The van der Waals surface area contributed by atoms with Gasteiger partial charge in [-0.05, 0) is 56.1 Å². The molecule has 0 saturated carbocycles. The number of fused-ring (bicyclic) bond motifs is 1. The third kappa shape index (κ3) is 8.93. The number of aliphatic hydroxyl groups excluding tert-OH is 9. The molecule has 0 radical (unpaired) electrons. The molecule has 1 aliphatic heterocycles. The minimum atomic E-state index is -1.66. The van der Waals surface area contributed by atoms with Gasteiger partial charge in [0.1, 0.15) is 59.8 Å². The average molecular weight is 652 g/mol. The van der Waals surface area contributed by atoms with Crippen molar-refractivity contribution in [1.82, 2.24) is 4.90 Å². The fourth-order valence-corrected chi connectivity index (χ4v) is 5.33. The van der Waals surface area contributed by atoms with Crippen LogP contribution in [0.1, 0.15) is 17.5 Å². The van der Waals surface area contributed by atoms with Gasteiger partial charge in [0, 0.05) is 18.7 Å². The van der Waals surface area contributed by atoms with E-state index in [2.05, 4.69) is 0 Å². The van der Waals surface area contributed by atoms with Gasteiger partial charge in [-0.25, -0.2) is 0 Å². The van der Waals surface area contributed by atoms with Gasteiger partial charge >= 0.3 is 0 Å². The number of likely N-dealkylation sites (N-methyl/N-ethyl adjacent to an activating group) is 1. The van der Waals surface area contributed by atoms with Gasteiger partial charge in [0.25, 0.3) is 0 Å². The van der Waals surface area contributed by atoms with Crippen LogP contribution in [0.25, 0.3) is 11.0 Å². The Hall–Kier alpha value is -2.86. The van der Waals surface area contributed by atoms with Gasteiger partial charge in [-0.3, -0.25) is 0 Å². The van der Waals surface area contributed by atoms with Gasteiger partial charge in [0.05, 0.1) is 37.6 Å². The maximum Gasteiger partial charge on any atom is 0.229 e. The first kappa shape index (κ1) is 36.0. The van der Waals surface area contributed by atoms with E-state index in [1.165, 1.54) is 0 Å². The molecule has 0 aliphatic carbocycles. The Morgan fingerprint density at radius 2 is 1.59 bits per heavy atom. The number of nitrogens with zero attached hydrogens (tertiary/aromatic N) is 1. The predicted molar refractivity (Wildman–Crippen MR) is 163 cm³/mol. The highest BCUT2D eigenvalue weighted by Gasteiger charge is 2.45. The summed E-state index contributed by atoms with van der Waals surface area (Å²) in [6, 6.07) is 12.8. The molecule has 9 N–H and O–H groups in total. The van der Waals surface area contributed by atoms with E-state index in [9.17, 15) is 40.9 Å². The Bertz CT molecular complexity index is 1340. The molecule has 4 rings (SSSR count). The minimum Gasteiger partial charge on any atom is -0.494 e. The third-order valence-corrected chi connectivity index (χ3v) is 8.11. The molecular weight excluding hydrogens is 606 g/mol. The SMILES string of the molecule is CN(CCCOc1ccc(CCc2coc3cccc(O[C@@H]4O[C@H](CO)[C@@H](O)[C@H](O)[C@H]4O)c23)cc1)C[C@H](O)[C@@H](O)[C@H](O)[C@H](O)CO. The van der Waals surface area contributed by atoms with Crippen LogP contribution in [0.5, 0.6) is 11.5 Å². The molecule has 0 bridgehead atoms. The molecule has 3 aromatic rings. The van der Waals surface area contributed by atoms with Crippen molar-refractivity contribution in [3.05, 3.63) is 59.9 Å². The zero-order valence-corrected chi connectivity index (χ0v) is 25.6. The number of aryl methyl sites for hydroxylation is 2. The number of aliphatic hydroxyl groups is 9. The van der Waals surface area contributed by atoms with Crippen LogP contribution in [0, 0.1) is 0 Å². The Morgan fingerprint density at radius 1 is 0.870 bits per heavy atom. The van der Waals surface area contributed by atoms with Gasteiger partial charge in [0.2, 0.25) is 6.29 Å². The zero-order valence-electron chi connectivity index (χ0n) is 25.6. The van der Waals surface area contributed by atoms with E-state index in [1.54, 1.807) is 36.4 Å². The van der Waals surface area contributed by atoms with Crippen LogP contribution in [0.3, 0.4) is 0 Å². The van der Waals surface area contributed by atoms with Crippen molar-refractivity contribution in [3.8, 4) is 11.5 Å². The molecule has 1 saturated heterocycles. The molecule has 46 heavy (non-hydrogen) atoms. The van der Waals surface area contributed by atoms with Crippen molar-refractivity contribution >= 4 is 11.0 Å². The van der Waals surface area contributed by atoms with E-state index in [1.807, 2.05) is 24.3 Å². The summed E-state index contributed by atoms with van der Waals surface area (Å²) >= 11 is 0. The second-order valence-corrected chi connectivity index (χ2v) is 11.6. The largest absolute Gasteiger partial charge is 0.494 e. The van der Waals surface area contributed by atoms with Crippen LogP contribution in [0.2, 0.25) is 0 Å². The summed E-state index contributed by atoms with van der Waals surface area (Å²) in [4.78, 5) is 1.76. The lowest BCUT2D eigenvalue weighted by Crippen LogP contribution is -2.60. The molecule has 1 aliphatic rings. The lowest BCUT2D eigenvalue weighted by atomic mass is 9.99. The number of hydrogen-bond donors (Lipinski definition) is 9. The maximum absolute atomic E-state index is 10.4.